The molecule has 128 valence electrons. The number of carbonyl (C=O) groups excluding carboxylic acids is 1. The van der Waals surface area contributed by atoms with Gasteiger partial charge in [-0.3, -0.25) is 4.79 Å². The summed E-state index contributed by atoms with van der Waals surface area (Å²) in [7, 11) is 0. The standard InChI is InChI=1S/C18H24N4O2/c1-12-5-7-14(8-6-12)18(3,4)17(24)21-9-15(10-21)22-11-16(13(2)23)19-20-22/h5-8,11,13,15,23H,9-10H2,1-4H3/t13-/m0/s1. The summed E-state index contributed by atoms with van der Waals surface area (Å²) in [6, 6.07) is 8.25. The number of benzene rings is 1. The summed E-state index contributed by atoms with van der Waals surface area (Å²) in [5.41, 5.74) is 2.22. The van der Waals surface area contributed by atoms with E-state index in [1.807, 2.05) is 49.9 Å². The molecule has 1 fully saturated rings. The number of likely N-dealkylation sites (tertiary alicyclic amines) is 1. The molecule has 1 aromatic heterocycles. The predicted octanol–water partition coefficient (Wildman–Crippen LogP) is 2.00. The van der Waals surface area contributed by atoms with Gasteiger partial charge in [-0.2, -0.15) is 0 Å². The number of aromatic nitrogens is 3. The third kappa shape index (κ3) is 2.94. The second-order valence-corrected chi connectivity index (χ2v) is 7.15. The van der Waals surface area contributed by atoms with Crippen LogP contribution in [0.4, 0.5) is 0 Å². The summed E-state index contributed by atoms with van der Waals surface area (Å²) in [5, 5.41) is 17.5. The smallest absolute Gasteiger partial charge is 0.232 e. The highest BCUT2D eigenvalue weighted by molar-refractivity contribution is 5.88. The fourth-order valence-corrected chi connectivity index (χ4v) is 2.94. The first-order chi connectivity index (χ1) is 11.3. The molecule has 1 aromatic carbocycles. The van der Waals surface area contributed by atoms with Gasteiger partial charge in [-0.1, -0.05) is 35.0 Å². The summed E-state index contributed by atoms with van der Waals surface area (Å²) < 4.78 is 1.74. The van der Waals surface area contributed by atoms with Crippen LogP contribution >= 0.6 is 0 Å². The highest BCUT2D eigenvalue weighted by atomic mass is 16.3. The van der Waals surface area contributed by atoms with Gasteiger partial charge in [-0.05, 0) is 33.3 Å². The topological polar surface area (TPSA) is 71.2 Å². The van der Waals surface area contributed by atoms with Crippen LogP contribution in [0.3, 0.4) is 0 Å². The molecule has 1 atom stereocenters. The fourth-order valence-electron chi connectivity index (χ4n) is 2.94. The van der Waals surface area contributed by atoms with Gasteiger partial charge in [0.2, 0.25) is 5.91 Å². The first-order valence-corrected chi connectivity index (χ1v) is 8.25. The number of aliphatic hydroxyl groups is 1. The van der Waals surface area contributed by atoms with Crippen molar-refractivity contribution in [1.82, 2.24) is 19.9 Å². The first-order valence-electron chi connectivity index (χ1n) is 8.25. The van der Waals surface area contributed by atoms with Crippen molar-refractivity contribution in [3.63, 3.8) is 0 Å². The molecule has 1 aliphatic rings. The normalized spacial score (nSPS) is 16.8. The maximum absolute atomic E-state index is 12.9. The number of aryl methyl sites for hydroxylation is 1. The summed E-state index contributed by atoms with van der Waals surface area (Å²) in [5.74, 6) is 0.124. The number of hydrogen-bond acceptors (Lipinski definition) is 4. The van der Waals surface area contributed by atoms with E-state index in [2.05, 4.69) is 10.3 Å². The maximum Gasteiger partial charge on any atom is 0.232 e. The second-order valence-electron chi connectivity index (χ2n) is 7.15. The Labute approximate surface area is 142 Å². The molecule has 2 heterocycles. The van der Waals surface area contributed by atoms with Crippen molar-refractivity contribution in [1.29, 1.82) is 0 Å². The SMILES string of the molecule is Cc1ccc(C(C)(C)C(=O)N2CC(n3cc([C@H](C)O)nn3)C2)cc1. The van der Waals surface area contributed by atoms with Gasteiger partial charge in [0.25, 0.3) is 0 Å². The Hall–Kier alpha value is -2.21. The zero-order valence-corrected chi connectivity index (χ0v) is 14.6. The van der Waals surface area contributed by atoms with E-state index in [1.165, 1.54) is 5.56 Å². The first kappa shape index (κ1) is 16.6. The van der Waals surface area contributed by atoms with Crippen LogP contribution in [0.1, 0.15) is 49.7 Å². The van der Waals surface area contributed by atoms with Gasteiger partial charge in [-0.15, -0.1) is 5.10 Å². The third-order valence-electron chi connectivity index (χ3n) is 4.79. The van der Waals surface area contributed by atoms with Crippen LogP contribution in [0.5, 0.6) is 0 Å². The molecule has 0 spiro atoms. The van der Waals surface area contributed by atoms with E-state index in [0.717, 1.165) is 5.56 Å². The van der Waals surface area contributed by atoms with Crippen molar-refractivity contribution in [3.8, 4) is 0 Å². The van der Waals surface area contributed by atoms with E-state index in [4.69, 9.17) is 0 Å². The van der Waals surface area contributed by atoms with E-state index >= 15 is 0 Å². The van der Waals surface area contributed by atoms with Gasteiger partial charge in [0, 0.05) is 13.1 Å². The van der Waals surface area contributed by atoms with Gasteiger partial charge >= 0.3 is 0 Å². The molecule has 2 aromatic rings. The lowest BCUT2D eigenvalue weighted by Crippen LogP contribution is -2.55. The minimum absolute atomic E-state index is 0.124. The van der Waals surface area contributed by atoms with E-state index < -0.39 is 11.5 Å². The molecule has 24 heavy (non-hydrogen) atoms. The van der Waals surface area contributed by atoms with Gasteiger partial charge in [-0.25, -0.2) is 4.68 Å². The molecule has 0 saturated carbocycles. The fraction of sp³-hybridized carbons (Fsp3) is 0.500. The maximum atomic E-state index is 12.9. The molecule has 3 rings (SSSR count). The van der Waals surface area contributed by atoms with Crippen LogP contribution in [-0.2, 0) is 10.2 Å². The Morgan fingerprint density at radius 3 is 2.46 bits per heavy atom. The van der Waals surface area contributed by atoms with Crippen molar-refractivity contribution in [2.24, 2.45) is 0 Å². The second kappa shape index (κ2) is 6.02. The zero-order chi connectivity index (χ0) is 17.5. The number of nitrogens with zero attached hydrogens (tertiary/aromatic N) is 4. The van der Waals surface area contributed by atoms with Crippen LogP contribution in [0.25, 0.3) is 0 Å². The van der Waals surface area contributed by atoms with Gasteiger partial charge in [0.05, 0.1) is 23.8 Å². The predicted molar refractivity (Wildman–Crippen MR) is 90.5 cm³/mol. The molecule has 6 heteroatoms. The number of amides is 1. The molecule has 6 nitrogen and oxygen atoms in total. The third-order valence-corrected chi connectivity index (χ3v) is 4.79. The van der Waals surface area contributed by atoms with Crippen LogP contribution in [0.2, 0.25) is 0 Å². The van der Waals surface area contributed by atoms with Crippen molar-refractivity contribution in [3.05, 3.63) is 47.3 Å². The van der Waals surface area contributed by atoms with Crippen LogP contribution < -0.4 is 0 Å². The van der Waals surface area contributed by atoms with Crippen molar-refractivity contribution < 1.29 is 9.90 Å². The summed E-state index contributed by atoms with van der Waals surface area (Å²) >= 11 is 0. The van der Waals surface area contributed by atoms with Gasteiger partial charge in [0.15, 0.2) is 0 Å². The number of hydrogen-bond donors (Lipinski definition) is 1. The van der Waals surface area contributed by atoms with Crippen molar-refractivity contribution in [2.45, 2.75) is 45.3 Å². The quantitative estimate of drug-likeness (QED) is 0.932. The Bertz CT molecular complexity index is 728. The molecular weight excluding hydrogens is 304 g/mol. The number of carbonyl (C=O) groups is 1. The zero-order valence-electron chi connectivity index (χ0n) is 14.6. The highest BCUT2D eigenvalue weighted by Crippen LogP contribution is 2.31. The van der Waals surface area contributed by atoms with E-state index in [1.54, 1.807) is 17.8 Å². The number of aliphatic hydroxyl groups excluding tert-OH is 1. The molecule has 0 radical (unpaired) electrons. The minimum atomic E-state index is -0.628. The Kier molecular flexibility index (Phi) is 4.17. The Balaban J connectivity index is 1.66. The lowest BCUT2D eigenvalue weighted by Gasteiger charge is -2.43. The van der Waals surface area contributed by atoms with Crippen LogP contribution in [0.15, 0.2) is 30.5 Å². The van der Waals surface area contributed by atoms with Crippen molar-refractivity contribution in [2.75, 3.05) is 13.1 Å². The average Bonchev–Trinajstić information content (AvgIpc) is 2.96. The molecule has 1 aliphatic heterocycles. The van der Waals surface area contributed by atoms with Crippen LogP contribution in [-0.4, -0.2) is 44.0 Å². The summed E-state index contributed by atoms with van der Waals surface area (Å²) in [6.07, 6.45) is 1.12. The summed E-state index contributed by atoms with van der Waals surface area (Å²) in [4.78, 5) is 14.7. The summed E-state index contributed by atoms with van der Waals surface area (Å²) in [6.45, 7) is 8.88. The van der Waals surface area contributed by atoms with E-state index in [9.17, 15) is 9.90 Å². The average molecular weight is 328 g/mol. The molecule has 1 saturated heterocycles. The van der Waals surface area contributed by atoms with Crippen LogP contribution in [0, 0.1) is 6.92 Å². The monoisotopic (exact) mass is 328 g/mol. The Morgan fingerprint density at radius 2 is 1.92 bits per heavy atom. The molecule has 1 amide bonds. The largest absolute Gasteiger partial charge is 0.387 e. The number of rotatable bonds is 4. The molecule has 0 aliphatic carbocycles. The lowest BCUT2D eigenvalue weighted by molar-refractivity contribution is -0.142. The molecule has 0 unspecified atom stereocenters. The van der Waals surface area contributed by atoms with E-state index in [-0.39, 0.29) is 11.9 Å². The molecule has 0 bridgehead atoms. The molecule has 1 N–H and O–H groups in total. The van der Waals surface area contributed by atoms with E-state index in [0.29, 0.717) is 18.8 Å². The molecular formula is C18H24N4O2. The lowest BCUT2D eigenvalue weighted by atomic mass is 9.82. The van der Waals surface area contributed by atoms with Gasteiger partial charge < -0.3 is 10.0 Å². The van der Waals surface area contributed by atoms with Crippen molar-refractivity contribution >= 4 is 5.91 Å². The highest BCUT2D eigenvalue weighted by Gasteiger charge is 2.40. The minimum Gasteiger partial charge on any atom is -0.387 e. The Morgan fingerprint density at radius 1 is 1.29 bits per heavy atom. The van der Waals surface area contributed by atoms with Gasteiger partial charge in [0.1, 0.15) is 5.69 Å².